The van der Waals surface area contributed by atoms with Crippen molar-refractivity contribution in [3.8, 4) is 0 Å². The first-order chi connectivity index (χ1) is 8.99. The molecule has 0 saturated heterocycles. The fraction of sp³-hybridized carbons (Fsp3) is 0.429. The summed E-state index contributed by atoms with van der Waals surface area (Å²) < 4.78 is 0. The van der Waals surface area contributed by atoms with Crippen LogP contribution in [0.4, 0.5) is 4.79 Å². The van der Waals surface area contributed by atoms with Crippen molar-refractivity contribution in [3.05, 3.63) is 35.9 Å². The van der Waals surface area contributed by atoms with Crippen LogP contribution in [0.1, 0.15) is 25.3 Å². The molecule has 0 aliphatic heterocycles. The van der Waals surface area contributed by atoms with Crippen molar-refractivity contribution < 1.29 is 14.7 Å². The zero-order valence-corrected chi connectivity index (χ0v) is 11.3. The molecule has 1 aromatic carbocycles. The number of carboxylic acids is 1. The van der Waals surface area contributed by atoms with Crippen LogP contribution in [0.3, 0.4) is 0 Å². The van der Waals surface area contributed by atoms with Gasteiger partial charge in [-0.2, -0.15) is 0 Å². The SMILES string of the molecule is CC(CCC(=O)O)NC(=O)N(C)Cc1ccccc1. The maximum Gasteiger partial charge on any atom is 0.317 e. The highest BCUT2D eigenvalue weighted by Gasteiger charge is 2.13. The third-order valence-electron chi connectivity index (χ3n) is 2.77. The van der Waals surface area contributed by atoms with Crippen LogP contribution >= 0.6 is 0 Å². The van der Waals surface area contributed by atoms with Crippen molar-refractivity contribution in [2.24, 2.45) is 0 Å². The molecule has 0 aromatic heterocycles. The van der Waals surface area contributed by atoms with Gasteiger partial charge in [0.2, 0.25) is 0 Å². The van der Waals surface area contributed by atoms with Gasteiger partial charge in [0.15, 0.2) is 0 Å². The summed E-state index contributed by atoms with van der Waals surface area (Å²) in [5, 5.41) is 11.4. The Morgan fingerprint density at radius 1 is 1.32 bits per heavy atom. The predicted molar refractivity (Wildman–Crippen MR) is 72.8 cm³/mol. The molecule has 5 nitrogen and oxygen atoms in total. The van der Waals surface area contributed by atoms with Crippen molar-refractivity contribution in [1.82, 2.24) is 10.2 Å². The number of aliphatic carboxylic acids is 1. The maximum absolute atomic E-state index is 11.9. The Bertz CT molecular complexity index is 420. The van der Waals surface area contributed by atoms with E-state index in [1.807, 2.05) is 30.3 Å². The van der Waals surface area contributed by atoms with E-state index < -0.39 is 5.97 Å². The molecule has 19 heavy (non-hydrogen) atoms. The lowest BCUT2D eigenvalue weighted by atomic mass is 10.2. The van der Waals surface area contributed by atoms with Crippen LogP contribution in [-0.2, 0) is 11.3 Å². The van der Waals surface area contributed by atoms with Crippen molar-refractivity contribution in [2.75, 3.05) is 7.05 Å². The van der Waals surface area contributed by atoms with Gasteiger partial charge in [0.25, 0.3) is 0 Å². The Morgan fingerprint density at radius 3 is 2.53 bits per heavy atom. The van der Waals surface area contributed by atoms with Crippen LogP contribution in [0.5, 0.6) is 0 Å². The number of carbonyl (C=O) groups excluding carboxylic acids is 1. The fourth-order valence-electron chi connectivity index (χ4n) is 1.66. The molecule has 5 heteroatoms. The largest absolute Gasteiger partial charge is 0.481 e. The minimum atomic E-state index is -0.848. The minimum absolute atomic E-state index is 0.0594. The van der Waals surface area contributed by atoms with Crippen LogP contribution in [0.25, 0.3) is 0 Å². The van der Waals surface area contributed by atoms with Crippen LogP contribution in [-0.4, -0.2) is 35.1 Å². The molecule has 1 rings (SSSR count). The van der Waals surface area contributed by atoms with Crippen molar-refractivity contribution in [3.63, 3.8) is 0 Å². The Labute approximate surface area is 113 Å². The number of rotatable bonds is 6. The number of benzene rings is 1. The molecule has 0 heterocycles. The van der Waals surface area contributed by atoms with Gasteiger partial charge in [0.1, 0.15) is 0 Å². The molecule has 0 spiro atoms. The van der Waals surface area contributed by atoms with Crippen molar-refractivity contribution >= 4 is 12.0 Å². The minimum Gasteiger partial charge on any atom is -0.481 e. The number of nitrogens with one attached hydrogen (secondary N) is 1. The van der Waals surface area contributed by atoms with Gasteiger partial charge in [-0.25, -0.2) is 4.79 Å². The molecule has 2 N–H and O–H groups in total. The van der Waals surface area contributed by atoms with E-state index in [4.69, 9.17) is 5.11 Å². The molecule has 104 valence electrons. The van der Waals surface area contributed by atoms with Gasteiger partial charge >= 0.3 is 12.0 Å². The molecule has 1 atom stereocenters. The second-order valence-electron chi connectivity index (χ2n) is 4.62. The average molecular weight is 264 g/mol. The Kier molecular flexibility index (Phi) is 5.85. The maximum atomic E-state index is 11.9. The quantitative estimate of drug-likeness (QED) is 0.826. The number of hydrogen-bond acceptors (Lipinski definition) is 2. The number of urea groups is 1. The van der Waals surface area contributed by atoms with Crippen LogP contribution < -0.4 is 5.32 Å². The van der Waals surface area contributed by atoms with E-state index in [0.29, 0.717) is 13.0 Å². The van der Waals surface area contributed by atoms with E-state index in [9.17, 15) is 9.59 Å². The highest BCUT2D eigenvalue weighted by Crippen LogP contribution is 2.04. The smallest absolute Gasteiger partial charge is 0.317 e. The zero-order valence-electron chi connectivity index (χ0n) is 11.3. The Balaban J connectivity index is 2.38. The second kappa shape index (κ2) is 7.41. The third-order valence-corrected chi connectivity index (χ3v) is 2.77. The van der Waals surface area contributed by atoms with Crippen LogP contribution in [0.15, 0.2) is 30.3 Å². The van der Waals surface area contributed by atoms with Gasteiger partial charge in [-0.15, -0.1) is 0 Å². The standard InChI is InChI=1S/C14H20N2O3/c1-11(8-9-13(17)18)15-14(19)16(2)10-12-6-4-3-5-7-12/h3-7,11H,8-10H2,1-2H3,(H,15,19)(H,17,18). The first-order valence-electron chi connectivity index (χ1n) is 6.26. The Hall–Kier alpha value is -2.04. The van der Waals surface area contributed by atoms with E-state index in [0.717, 1.165) is 5.56 Å². The van der Waals surface area contributed by atoms with Crippen LogP contribution in [0.2, 0.25) is 0 Å². The van der Waals surface area contributed by atoms with Gasteiger partial charge in [-0.05, 0) is 18.9 Å². The molecular formula is C14H20N2O3. The summed E-state index contributed by atoms with van der Waals surface area (Å²) in [6.45, 7) is 2.33. The van der Waals surface area contributed by atoms with Crippen molar-refractivity contribution in [1.29, 1.82) is 0 Å². The van der Waals surface area contributed by atoms with E-state index in [-0.39, 0.29) is 18.5 Å². The summed E-state index contributed by atoms with van der Waals surface area (Å²) >= 11 is 0. The zero-order chi connectivity index (χ0) is 14.3. The summed E-state index contributed by atoms with van der Waals surface area (Å²) in [7, 11) is 1.71. The van der Waals surface area contributed by atoms with Gasteiger partial charge < -0.3 is 15.3 Å². The lowest BCUT2D eigenvalue weighted by Crippen LogP contribution is -2.41. The van der Waals surface area contributed by atoms with Crippen molar-refractivity contribution in [2.45, 2.75) is 32.4 Å². The predicted octanol–water partition coefficient (Wildman–Crippen LogP) is 2.08. The number of hydrogen-bond donors (Lipinski definition) is 2. The van der Waals surface area contributed by atoms with E-state index in [2.05, 4.69) is 5.32 Å². The summed E-state index contributed by atoms with van der Waals surface area (Å²) in [5.74, 6) is -0.848. The van der Waals surface area contributed by atoms with Gasteiger partial charge in [0, 0.05) is 26.1 Å². The average Bonchev–Trinajstić information content (AvgIpc) is 2.37. The topological polar surface area (TPSA) is 69.6 Å². The first-order valence-corrected chi connectivity index (χ1v) is 6.26. The first kappa shape index (κ1) is 15.0. The van der Waals surface area contributed by atoms with Gasteiger partial charge in [0.05, 0.1) is 0 Å². The number of carboxylic acid groups (broad SMARTS) is 1. The molecule has 0 saturated carbocycles. The summed E-state index contributed by atoms with van der Waals surface area (Å²) in [6.07, 6.45) is 0.490. The lowest BCUT2D eigenvalue weighted by molar-refractivity contribution is -0.137. The molecule has 0 aliphatic rings. The molecule has 0 radical (unpaired) electrons. The van der Waals surface area contributed by atoms with Gasteiger partial charge in [-0.1, -0.05) is 30.3 Å². The third kappa shape index (κ3) is 5.90. The molecule has 2 amide bonds. The number of nitrogens with zero attached hydrogens (tertiary/aromatic N) is 1. The highest BCUT2D eigenvalue weighted by molar-refractivity contribution is 5.74. The number of amides is 2. The highest BCUT2D eigenvalue weighted by atomic mass is 16.4. The molecule has 0 aliphatic carbocycles. The lowest BCUT2D eigenvalue weighted by Gasteiger charge is -2.21. The summed E-state index contributed by atoms with van der Waals surface area (Å²) in [4.78, 5) is 23.9. The molecule has 1 aromatic rings. The van der Waals surface area contributed by atoms with E-state index >= 15 is 0 Å². The molecule has 1 unspecified atom stereocenters. The molecular weight excluding hydrogens is 244 g/mol. The monoisotopic (exact) mass is 264 g/mol. The summed E-state index contributed by atoms with van der Waals surface area (Å²) in [6, 6.07) is 9.35. The molecule has 0 bridgehead atoms. The molecule has 0 fully saturated rings. The Morgan fingerprint density at radius 2 is 1.95 bits per heavy atom. The second-order valence-corrected chi connectivity index (χ2v) is 4.62. The normalized spacial score (nSPS) is 11.7. The fourth-order valence-corrected chi connectivity index (χ4v) is 1.66. The van der Waals surface area contributed by atoms with Crippen LogP contribution in [0, 0.1) is 0 Å². The van der Waals surface area contributed by atoms with E-state index in [1.165, 1.54) is 0 Å². The van der Waals surface area contributed by atoms with E-state index in [1.54, 1.807) is 18.9 Å². The van der Waals surface area contributed by atoms with Gasteiger partial charge in [-0.3, -0.25) is 4.79 Å². The number of carbonyl (C=O) groups is 2. The summed E-state index contributed by atoms with van der Waals surface area (Å²) in [5.41, 5.74) is 1.05.